The van der Waals surface area contributed by atoms with E-state index in [4.69, 9.17) is 5.11 Å². The Morgan fingerprint density at radius 2 is 2.13 bits per heavy atom. The zero-order valence-corrected chi connectivity index (χ0v) is 9.75. The number of fused-ring (bicyclic) bond motifs is 1. The standard InChI is InChI=1S/C12H11BrO2/c13-11-4-3-9-5-8(6-12(14)15)1-2-10(9)7-11/h3-4,6-7H,1-2,5H2,(H,14,15). The largest absolute Gasteiger partial charge is 0.478 e. The van der Waals surface area contributed by atoms with Gasteiger partial charge in [-0.3, -0.25) is 0 Å². The molecule has 0 aliphatic heterocycles. The highest BCUT2D eigenvalue weighted by molar-refractivity contribution is 9.10. The summed E-state index contributed by atoms with van der Waals surface area (Å²) < 4.78 is 1.09. The van der Waals surface area contributed by atoms with Crippen molar-refractivity contribution in [2.24, 2.45) is 0 Å². The predicted octanol–water partition coefficient (Wildman–Crippen LogP) is 2.95. The summed E-state index contributed by atoms with van der Waals surface area (Å²) in [6, 6.07) is 6.18. The van der Waals surface area contributed by atoms with Crippen molar-refractivity contribution in [2.75, 3.05) is 0 Å². The third-order valence-corrected chi connectivity index (χ3v) is 3.12. The van der Waals surface area contributed by atoms with E-state index in [0.29, 0.717) is 0 Å². The average molecular weight is 267 g/mol. The monoisotopic (exact) mass is 266 g/mol. The van der Waals surface area contributed by atoms with Gasteiger partial charge in [0, 0.05) is 10.5 Å². The molecule has 0 saturated carbocycles. The van der Waals surface area contributed by atoms with Gasteiger partial charge in [-0.15, -0.1) is 0 Å². The Bertz CT molecular complexity index is 435. The van der Waals surface area contributed by atoms with E-state index in [9.17, 15) is 4.79 Å². The van der Waals surface area contributed by atoms with Crippen LogP contribution in [0, 0.1) is 0 Å². The van der Waals surface area contributed by atoms with Crippen LogP contribution in [0.1, 0.15) is 17.5 Å². The summed E-state index contributed by atoms with van der Waals surface area (Å²) in [4.78, 5) is 10.5. The maximum atomic E-state index is 10.5. The molecule has 1 aliphatic rings. The number of aryl methyl sites for hydroxylation is 1. The van der Waals surface area contributed by atoms with Crippen LogP contribution in [0.15, 0.2) is 34.3 Å². The molecule has 15 heavy (non-hydrogen) atoms. The van der Waals surface area contributed by atoms with Crippen molar-refractivity contribution in [2.45, 2.75) is 19.3 Å². The number of aliphatic carboxylic acids is 1. The van der Waals surface area contributed by atoms with Crippen LogP contribution in [0.4, 0.5) is 0 Å². The van der Waals surface area contributed by atoms with E-state index < -0.39 is 5.97 Å². The van der Waals surface area contributed by atoms with Gasteiger partial charge in [0.2, 0.25) is 0 Å². The minimum absolute atomic E-state index is 0.773. The molecule has 0 heterocycles. The summed E-state index contributed by atoms with van der Waals surface area (Å²) in [5.74, 6) is -0.842. The molecule has 0 fully saturated rings. The molecule has 0 aromatic heterocycles. The first-order valence-corrected chi connectivity index (χ1v) is 5.64. The van der Waals surface area contributed by atoms with Gasteiger partial charge in [0.15, 0.2) is 0 Å². The van der Waals surface area contributed by atoms with E-state index >= 15 is 0 Å². The van der Waals surface area contributed by atoms with Gasteiger partial charge in [-0.25, -0.2) is 4.79 Å². The summed E-state index contributed by atoms with van der Waals surface area (Å²) in [6.07, 6.45) is 3.91. The third kappa shape index (κ3) is 2.48. The number of carbonyl (C=O) groups is 1. The van der Waals surface area contributed by atoms with Crippen LogP contribution in [0.3, 0.4) is 0 Å². The average Bonchev–Trinajstić information content (AvgIpc) is 2.17. The van der Waals surface area contributed by atoms with Crippen molar-refractivity contribution in [1.82, 2.24) is 0 Å². The van der Waals surface area contributed by atoms with E-state index in [-0.39, 0.29) is 0 Å². The highest BCUT2D eigenvalue weighted by atomic mass is 79.9. The number of benzene rings is 1. The smallest absolute Gasteiger partial charge is 0.328 e. The molecule has 2 nitrogen and oxygen atoms in total. The molecule has 78 valence electrons. The number of hydrogen-bond acceptors (Lipinski definition) is 1. The van der Waals surface area contributed by atoms with Gasteiger partial charge in [0.25, 0.3) is 0 Å². The van der Waals surface area contributed by atoms with Gasteiger partial charge in [-0.2, -0.15) is 0 Å². The normalized spacial score (nSPS) is 17.5. The minimum Gasteiger partial charge on any atom is -0.478 e. The maximum absolute atomic E-state index is 10.5. The molecule has 3 heteroatoms. The summed E-state index contributed by atoms with van der Waals surface area (Å²) in [7, 11) is 0. The molecule has 0 radical (unpaired) electrons. The SMILES string of the molecule is O=C(O)C=C1CCc2cc(Br)ccc2C1. The van der Waals surface area contributed by atoms with Gasteiger partial charge >= 0.3 is 5.97 Å². The van der Waals surface area contributed by atoms with Crippen LogP contribution >= 0.6 is 15.9 Å². The lowest BCUT2D eigenvalue weighted by molar-refractivity contribution is -0.131. The van der Waals surface area contributed by atoms with Crippen LogP contribution in [0.5, 0.6) is 0 Å². The fourth-order valence-electron chi connectivity index (χ4n) is 1.93. The second-order valence-corrected chi connectivity index (χ2v) is 4.65. The molecular formula is C12H11BrO2. The minimum atomic E-state index is -0.842. The molecule has 0 spiro atoms. The number of carboxylic acid groups (broad SMARTS) is 1. The Labute approximate surface area is 96.7 Å². The molecule has 0 amide bonds. The number of allylic oxidation sites excluding steroid dienone is 1. The fourth-order valence-corrected chi connectivity index (χ4v) is 2.33. The fraction of sp³-hybridized carbons (Fsp3) is 0.250. The Balaban J connectivity index is 2.28. The van der Waals surface area contributed by atoms with Crippen molar-refractivity contribution >= 4 is 21.9 Å². The van der Waals surface area contributed by atoms with Gasteiger partial charge in [0.1, 0.15) is 0 Å². The molecule has 0 bridgehead atoms. The quantitative estimate of drug-likeness (QED) is 0.794. The van der Waals surface area contributed by atoms with Crippen molar-refractivity contribution in [3.05, 3.63) is 45.4 Å². The lowest BCUT2D eigenvalue weighted by Crippen LogP contribution is -2.07. The zero-order chi connectivity index (χ0) is 10.8. The van der Waals surface area contributed by atoms with E-state index in [1.54, 1.807) is 0 Å². The lowest BCUT2D eigenvalue weighted by atomic mass is 9.88. The number of halogens is 1. The van der Waals surface area contributed by atoms with Crippen LogP contribution < -0.4 is 0 Å². The van der Waals surface area contributed by atoms with Gasteiger partial charge in [-0.1, -0.05) is 27.6 Å². The molecule has 1 N–H and O–H groups in total. The van der Waals surface area contributed by atoms with Gasteiger partial charge in [0.05, 0.1) is 0 Å². The molecule has 0 unspecified atom stereocenters. The predicted molar refractivity (Wildman–Crippen MR) is 61.9 cm³/mol. The van der Waals surface area contributed by atoms with Crippen molar-refractivity contribution < 1.29 is 9.90 Å². The molecule has 1 aromatic rings. The number of rotatable bonds is 1. The maximum Gasteiger partial charge on any atom is 0.328 e. The Hall–Kier alpha value is -1.09. The first kappa shape index (κ1) is 10.4. The molecule has 1 aromatic carbocycles. The molecule has 1 aliphatic carbocycles. The van der Waals surface area contributed by atoms with E-state index in [2.05, 4.69) is 28.1 Å². The summed E-state index contributed by atoms with van der Waals surface area (Å²) in [6.45, 7) is 0. The van der Waals surface area contributed by atoms with Crippen LogP contribution in [0.25, 0.3) is 0 Å². The highest BCUT2D eigenvalue weighted by Crippen LogP contribution is 2.27. The second-order valence-electron chi connectivity index (χ2n) is 3.73. The highest BCUT2D eigenvalue weighted by Gasteiger charge is 2.13. The van der Waals surface area contributed by atoms with Crippen molar-refractivity contribution in [3.8, 4) is 0 Å². The topological polar surface area (TPSA) is 37.3 Å². The second kappa shape index (κ2) is 4.19. The van der Waals surface area contributed by atoms with E-state index in [1.807, 2.05) is 6.07 Å². The summed E-state index contributed by atoms with van der Waals surface area (Å²) in [5.41, 5.74) is 3.58. The van der Waals surface area contributed by atoms with Gasteiger partial charge < -0.3 is 5.11 Å². The van der Waals surface area contributed by atoms with Crippen LogP contribution in [-0.2, 0) is 17.6 Å². The first-order chi connectivity index (χ1) is 7.15. The molecule has 0 atom stereocenters. The molecule has 2 rings (SSSR count). The first-order valence-electron chi connectivity index (χ1n) is 4.85. The zero-order valence-electron chi connectivity index (χ0n) is 8.16. The number of hydrogen-bond donors (Lipinski definition) is 1. The van der Waals surface area contributed by atoms with Crippen molar-refractivity contribution in [1.29, 1.82) is 0 Å². The third-order valence-electron chi connectivity index (χ3n) is 2.63. The molecular weight excluding hydrogens is 256 g/mol. The Morgan fingerprint density at radius 1 is 1.33 bits per heavy atom. The molecule has 0 saturated heterocycles. The lowest BCUT2D eigenvalue weighted by Gasteiger charge is -2.18. The summed E-state index contributed by atoms with van der Waals surface area (Å²) >= 11 is 3.44. The number of carboxylic acids is 1. The van der Waals surface area contributed by atoms with Gasteiger partial charge in [-0.05, 0) is 42.5 Å². The van der Waals surface area contributed by atoms with E-state index in [0.717, 1.165) is 29.3 Å². The Morgan fingerprint density at radius 3 is 2.87 bits per heavy atom. The van der Waals surface area contributed by atoms with Crippen molar-refractivity contribution in [3.63, 3.8) is 0 Å². The van der Waals surface area contributed by atoms with Crippen LogP contribution in [-0.4, -0.2) is 11.1 Å². The van der Waals surface area contributed by atoms with E-state index in [1.165, 1.54) is 17.2 Å². The van der Waals surface area contributed by atoms with Crippen LogP contribution in [0.2, 0.25) is 0 Å². The summed E-state index contributed by atoms with van der Waals surface area (Å²) in [5, 5.41) is 8.67. The Kier molecular flexibility index (Phi) is 2.91.